The smallest absolute Gasteiger partial charge is 0.284 e. The molecule has 33 heavy (non-hydrogen) atoms. The number of nitrogens with zero attached hydrogens (tertiary/aromatic N) is 3. The zero-order chi connectivity index (χ0) is 23.4. The minimum Gasteiger partial charge on any atom is -0.495 e. The molecule has 0 N–H and O–H groups in total. The Morgan fingerprint density at radius 2 is 1.70 bits per heavy atom. The van der Waals surface area contributed by atoms with E-state index in [1.807, 2.05) is 30.3 Å². The van der Waals surface area contributed by atoms with Crippen LogP contribution in [0.15, 0.2) is 76.5 Å². The maximum Gasteiger partial charge on any atom is 0.284 e. The Labute approximate surface area is 201 Å². The fraction of sp³-hybridized carbons (Fsp3) is 0.208. The highest BCUT2D eigenvalue weighted by atomic mass is 35.5. The third-order valence-electron chi connectivity index (χ3n) is 5.45. The van der Waals surface area contributed by atoms with Crippen LogP contribution in [0.1, 0.15) is 10.4 Å². The van der Waals surface area contributed by atoms with Gasteiger partial charge in [-0.1, -0.05) is 47.6 Å². The number of para-hydroxylation sites is 2. The summed E-state index contributed by atoms with van der Waals surface area (Å²) in [5, 5.41) is 12.2. The maximum atomic E-state index is 13.1. The summed E-state index contributed by atoms with van der Waals surface area (Å²) in [5.74, 6) is 0.576. The van der Waals surface area contributed by atoms with E-state index in [1.54, 1.807) is 42.3 Å². The molecule has 1 fully saturated rings. The molecule has 0 aliphatic carbocycles. The number of nitro groups is 1. The van der Waals surface area contributed by atoms with Crippen molar-refractivity contribution in [3.05, 3.63) is 87.4 Å². The first-order valence-corrected chi connectivity index (χ1v) is 11.6. The number of nitro benzene ring substituents is 1. The summed E-state index contributed by atoms with van der Waals surface area (Å²) >= 11 is 7.41. The topological polar surface area (TPSA) is 75.9 Å². The summed E-state index contributed by atoms with van der Waals surface area (Å²) in [6, 6.07) is 19.6. The number of benzene rings is 3. The molecule has 0 radical (unpaired) electrons. The lowest BCUT2D eigenvalue weighted by Crippen LogP contribution is -2.48. The van der Waals surface area contributed by atoms with Crippen LogP contribution < -0.4 is 9.64 Å². The van der Waals surface area contributed by atoms with Crippen LogP contribution in [0.5, 0.6) is 5.75 Å². The van der Waals surface area contributed by atoms with E-state index in [9.17, 15) is 14.9 Å². The summed E-state index contributed by atoms with van der Waals surface area (Å²) in [6.45, 7) is 2.32. The minimum absolute atomic E-state index is 0.113. The van der Waals surface area contributed by atoms with Crippen LogP contribution in [-0.2, 0) is 0 Å². The Kier molecular flexibility index (Phi) is 7.05. The second-order valence-corrected chi connectivity index (χ2v) is 8.91. The summed E-state index contributed by atoms with van der Waals surface area (Å²) in [6.07, 6.45) is 0. The molecule has 0 atom stereocenters. The SMILES string of the molecule is COc1ccccc1N1CCN(C(=O)c2ccc(Sc3ccccc3Cl)c([N+](=O)[O-])c2)CC1. The molecule has 3 aromatic carbocycles. The third kappa shape index (κ3) is 5.07. The molecule has 1 amide bonds. The average Bonchev–Trinajstić information content (AvgIpc) is 2.85. The van der Waals surface area contributed by atoms with Crippen LogP contribution in [-0.4, -0.2) is 49.0 Å². The van der Waals surface area contributed by atoms with E-state index in [0.29, 0.717) is 46.6 Å². The predicted octanol–water partition coefficient (Wildman–Crippen LogP) is 5.37. The number of ether oxygens (including phenoxy) is 1. The number of piperazine rings is 1. The highest BCUT2D eigenvalue weighted by Gasteiger charge is 2.26. The van der Waals surface area contributed by atoms with E-state index in [-0.39, 0.29) is 11.6 Å². The van der Waals surface area contributed by atoms with Crippen molar-refractivity contribution in [2.45, 2.75) is 9.79 Å². The van der Waals surface area contributed by atoms with Crippen LogP contribution in [0.4, 0.5) is 11.4 Å². The molecule has 0 saturated carbocycles. The van der Waals surface area contributed by atoms with E-state index >= 15 is 0 Å². The van der Waals surface area contributed by atoms with Gasteiger partial charge in [0, 0.05) is 42.7 Å². The first-order valence-electron chi connectivity index (χ1n) is 10.4. The molecule has 1 heterocycles. The van der Waals surface area contributed by atoms with E-state index < -0.39 is 4.92 Å². The molecule has 7 nitrogen and oxygen atoms in total. The van der Waals surface area contributed by atoms with Gasteiger partial charge in [0.25, 0.3) is 11.6 Å². The summed E-state index contributed by atoms with van der Waals surface area (Å²) in [7, 11) is 1.64. The molecule has 3 aromatic rings. The minimum atomic E-state index is -0.463. The van der Waals surface area contributed by atoms with Gasteiger partial charge in [0.05, 0.1) is 27.6 Å². The Hall–Kier alpha value is -3.23. The van der Waals surface area contributed by atoms with E-state index in [4.69, 9.17) is 16.3 Å². The van der Waals surface area contributed by atoms with Gasteiger partial charge in [0.15, 0.2) is 0 Å². The highest BCUT2D eigenvalue weighted by molar-refractivity contribution is 7.99. The van der Waals surface area contributed by atoms with Crippen LogP contribution in [0.25, 0.3) is 0 Å². The second kappa shape index (κ2) is 10.1. The van der Waals surface area contributed by atoms with Crippen molar-refractivity contribution in [3.8, 4) is 5.75 Å². The molecule has 1 aliphatic rings. The molecule has 9 heteroatoms. The van der Waals surface area contributed by atoms with Crippen molar-refractivity contribution >= 4 is 40.6 Å². The van der Waals surface area contributed by atoms with Crippen molar-refractivity contribution in [2.24, 2.45) is 0 Å². The van der Waals surface area contributed by atoms with Crippen LogP contribution in [0, 0.1) is 10.1 Å². The highest BCUT2D eigenvalue weighted by Crippen LogP contribution is 2.38. The number of carbonyl (C=O) groups excluding carboxylic acids is 1. The number of hydrogen-bond donors (Lipinski definition) is 0. The number of methoxy groups -OCH3 is 1. The summed E-state index contributed by atoms with van der Waals surface area (Å²) < 4.78 is 5.44. The molecule has 0 spiro atoms. The lowest BCUT2D eigenvalue weighted by atomic mass is 10.1. The Balaban J connectivity index is 1.49. The Morgan fingerprint density at radius 1 is 1.00 bits per heavy atom. The Morgan fingerprint density at radius 3 is 2.39 bits per heavy atom. The van der Waals surface area contributed by atoms with Gasteiger partial charge < -0.3 is 14.5 Å². The van der Waals surface area contributed by atoms with Gasteiger partial charge in [0.1, 0.15) is 5.75 Å². The molecule has 4 rings (SSSR count). The van der Waals surface area contributed by atoms with Crippen molar-refractivity contribution < 1.29 is 14.5 Å². The third-order valence-corrected chi connectivity index (χ3v) is 7.03. The van der Waals surface area contributed by atoms with Crippen LogP contribution in [0.2, 0.25) is 5.02 Å². The van der Waals surface area contributed by atoms with E-state index in [1.165, 1.54) is 17.8 Å². The largest absolute Gasteiger partial charge is 0.495 e. The van der Waals surface area contributed by atoms with Crippen LogP contribution in [0.3, 0.4) is 0 Å². The van der Waals surface area contributed by atoms with Crippen molar-refractivity contribution in [1.82, 2.24) is 4.90 Å². The number of anilines is 1. The van der Waals surface area contributed by atoms with E-state index in [0.717, 1.165) is 11.4 Å². The molecular formula is C24H22ClN3O4S. The van der Waals surface area contributed by atoms with Gasteiger partial charge >= 0.3 is 0 Å². The predicted molar refractivity (Wildman–Crippen MR) is 130 cm³/mol. The quantitative estimate of drug-likeness (QED) is 0.346. The fourth-order valence-corrected chi connectivity index (χ4v) is 4.92. The first kappa shape index (κ1) is 22.9. The van der Waals surface area contributed by atoms with Gasteiger partial charge in [-0.3, -0.25) is 14.9 Å². The average molecular weight is 484 g/mol. The summed E-state index contributed by atoms with van der Waals surface area (Å²) in [5.41, 5.74) is 1.18. The van der Waals surface area contributed by atoms with Crippen molar-refractivity contribution in [3.63, 3.8) is 0 Å². The lowest BCUT2D eigenvalue weighted by Gasteiger charge is -2.36. The number of rotatable bonds is 6. The molecular weight excluding hydrogens is 462 g/mol. The fourth-order valence-electron chi connectivity index (χ4n) is 3.75. The first-order chi connectivity index (χ1) is 16.0. The monoisotopic (exact) mass is 483 g/mol. The molecule has 170 valence electrons. The molecule has 0 unspecified atom stereocenters. The molecule has 0 aromatic heterocycles. The van der Waals surface area contributed by atoms with Crippen LogP contribution >= 0.6 is 23.4 Å². The Bertz CT molecular complexity index is 1180. The van der Waals surface area contributed by atoms with Crippen molar-refractivity contribution in [2.75, 3.05) is 38.2 Å². The standard InChI is InChI=1S/C24H22ClN3O4S/c1-32-21-8-4-3-7-19(21)26-12-14-27(15-13-26)24(29)17-10-11-23(20(16-17)28(30)31)33-22-9-5-2-6-18(22)25/h2-11,16H,12-15H2,1H3. The van der Waals surface area contributed by atoms with E-state index in [2.05, 4.69) is 4.90 Å². The maximum absolute atomic E-state index is 13.1. The number of halogens is 1. The van der Waals surface area contributed by atoms with Crippen molar-refractivity contribution in [1.29, 1.82) is 0 Å². The van der Waals surface area contributed by atoms with Gasteiger partial charge in [-0.2, -0.15) is 0 Å². The number of amides is 1. The van der Waals surface area contributed by atoms with Gasteiger partial charge in [0.2, 0.25) is 0 Å². The molecule has 0 bridgehead atoms. The lowest BCUT2D eigenvalue weighted by molar-refractivity contribution is -0.387. The normalized spacial score (nSPS) is 13.6. The van der Waals surface area contributed by atoms with Gasteiger partial charge in [-0.25, -0.2) is 0 Å². The zero-order valence-electron chi connectivity index (χ0n) is 17.9. The molecule has 1 saturated heterocycles. The number of carbonyl (C=O) groups is 1. The number of hydrogen-bond acceptors (Lipinski definition) is 6. The second-order valence-electron chi connectivity index (χ2n) is 7.42. The van der Waals surface area contributed by atoms with Gasteiger partial charge in [-0.15, -0.1) is 0 Å². The zero-order valence-corrected chi connectivity index (χ0v) is 19.5. The summed E-state index contributed by atoms with van der Waals surface area (Å²) in [4.78, 5) is 29.4. The molecule has 1 aliphatic heterocycles. The van der Waals surface area contributed by atoms with Gasteiger partial charge in [-0.05, 0) is 36.4 Å².